The van der Waals surface area contributed by atoms with Crippen molar-refractivity contribution in [3.63, 3.8) is 0 Å². The minimum atomic E-state index is -0.765. The summed E-state index contributed by atoms with van der Waals surface area (Å²) in [6, 6.07) is 10.7. The van der Waals surface area contributed by atoms with Crippen LogP contribution in [0.4, 0.5) is 4.79 Å². The fourth-order valence-electron chi connectivity index (χ4n) is 3.57. The molecule has 2 aromatic carbocycles. The van der Waals surface area contributed by atoms with Crippen LogP contribution in [0.15, 0.2) is 58.8 Å². The summed E-state index contributed by atoms with van der Waals surface area (Å²) in [7, 11) is 1.44. The van der Waals surface area contributed by atoms with Gasteiger partial charge in [-0.3, -0.25) is 4.79 Å². The van der Waals surface area contributed by atoms with E-state index in [0.717, 1.165) is 0 Å². The predicted octanol–water partition coefficient (Wildman–Crippen LogP) is 2.43. The number of carbonyl (C=O) groups excluding carboxylic acids is 3. The Balaban J connectivity index is 1.65. The number of esters is 1. The quantitative estimate of drug-likeness (QED) is 0.179. The number of carbonyl (C=O) groups is 3. The minimum Gasteiger partial charge on any atom is -0.493 e. The molecule has 0 bridgehead atoms. The van der Waals surface area contributed by atoms with Crippen LogP contribution in [-0.2, 0) is 14.3 Å². The molecule has 0 saturated heterocycles. The lowest BCUT2D eigenvalue weighted by Crippen LogP contribution is -2.45. The molecule has 1 atom stereocenters. The summed E-state index contributed by atoms with van der Waals surface area (Å²) in [4.78, 5) is 36.9. The second kappa shape index (κ2) is 13.4. The number of nitrogens with one attached hydrogen (secondary N) is 3. The van der Waals surface area contributed by atoms with Crippen molar-refractivity contribution in [2.75, 3.05) is 26.9 Å². The highest BCUT2D eigenvalue weighted by Gasteiger charge is 2.32. The van der Waals surface area contributed by atoms with Crippen LogP contribution in [-0.4, -0.2) is 51.1 Å². The van der Waals surface area contributed by atoms with Gasteiger partial charge >= 0.3 is 12.0 Å². The summed E-state index contributed by atoms with van der Waals surface area (Å²) < 4.78 is 21.5. The molecular weight excluding hydrogens is 492 g/mol. The molecular formula is C27H28N4O7. The zero-order valence-electron chi connectivity index (χ0n) is 21.2. The Hall–Kier alpha value is -4.98. The monoisotopic (exact) mass is 520 g/mol. The number of terminal acetylenes is 1. The van der Waals surface area contributed by atoms with E-state index in [9.17, 15) is 14.4 Å². The molecule has 3 amide bonds. The third-order valence-corrected chi connectivity index (χ3v) is 5.23. The first-order valence-corrected chi connectivity index (χ1v) is 11.6. The van der Waals surface area contributed by atoms with Crippen molar-refractivity contribution in [1.29, 1.82) is 0 Å². The molecule has 0 saturated carbocycles. The van der Waals surface area contributed by atoms with Crippen molar-refractivity contribution < 1.29 is 33.3 Å². The zero-order chi connectivity index (χ0) is 27.5. The molecule has 0 aromatic heterocycles. The van der Waals surface area contributed by atoms with E-state index in [1.54, 1.807) is 56.3 Å². The maximum atomic E-state index is 12.5. The van der Waals surface area contributed by atoms with E-state index < -0.39 is 23.9 Å². The number of benzene rings is 2. The minimum absolute atomic E-state index is 0.147. The largest absolute Gasteiger partial charge is 0.493 e. The molecule has 38 heavy (non-hydrogen) atoms. The molecule has 0 spiro atoms. The van der Waals surface area contributed by atoms with Gasteiger partial charge in [0.15, 0.2) is 18.1 Å². The van der Waals surface area contributed by atoms with Gasteiger partial charge in [-0.05, 0) is 49.2 Å². The van der Waals surface area contributed by atoms with E-state index in [1.807, 2.05) is 0 Å². The smallest absolute Gasteiger partial charge is 0.338 e. The third-order valence-electron chi connectivity index (χ3n) is 5.23. The van der Waals surface area contributed by atoms with E-state index in [4.69, 9.17) is 25.4 Å². The van der Waals surface area contributed by atoms with Crippen LogP contribution < -0.4 is 30.3 Å². The van der Waals surface area contributed by atoms with Gasteiger partial charge in [-0.25, -0.2) is 15.0 Å². The number of hydrazone groups is 1. The van der Waals surface area contributed by atoms with E-state index in [1.165, 1.54) is 13.3 Å². The van der Waals surface area contributed by atoms with Gasteiger partial charge in [0.2, 0.25) is 0 Å². The molecule has 11 heteroatoms. The molecule has 2 aromatic rings. The van der Waals surface area contributed by atoms with Gasteiger partial charge in [0.25, 0.3) is 5.91 Å². The topological polar surface area (TPSA) is 137 Å². The molecule has 198 valence electrons. The second-order valence-corrected chi connectivity index (χ2v) is 7.85. The molecule has 0 unspecified atom stereocenters. The van der Waals surface area contributed by atoms with Crippen LogP contribution in [0, 0.1) is 12.3 Å². The van der Waals surface area contributed by atoms with Crippen molar-refractivity contribution in [2.45, 2.75) is 19.9 Å². The Bertz CT molecular complexity index is 1300. The van der Waals surface area contributed by atoms with Crippen molar-refractivity contribution in [2.24, 2.45) is 5.10 Å². The Morgan fingerprint density at radius 1 is 1.18 bits per heavy atom. The zero-order valence-corrected chi connectivity index (χ0v) is 21.2. The van der Waals surface area contributed by atoms with Crippen molar-refractivity contribution in [3.8, 4) is 29.6 Å². The molecule has 1 heterocycles. The fourth-order valence-corrected chi connectivity index (χ4v) is 3.57. The molecule has 3 N–H and O–H groups in total. The first kappa shape index (κ1) is 27.6. The Morgan fingerprint density at radius 3 is 2.74 bits per heavy atom. The van der Waals surface area contributed by atoms with E-state index in [0.29, 0.717) is 28.3 Å². The normalized spacial score (nSPS) is 14.7. The lowest BCUT2D eigenvalue weighted by molar-refractivity contribution is -0.139. The summed E-state index contributed by atoms with van der Waals surface area (Å²) in [6.07, 6.45) is 6.65. The number of urea groups is 1. The number of hydrogen-bond acceptors (Lipinski definition) is 8. The number of allylic oxidation sites excluding steroid dienone is 1. The number of amides is 3. The number of hydrogen-bond donors (Lipinski definition) is 3. The van der Waals surface area contributed by atoms with Gasteiger partial charge in [0.05, 0.1) is 31.5 Å². The lowest BCUT2D eigenvalue weighted by atomic mass is 9.95. The molecule has 0 aliphatic carbocycles. The number of nitrogens with zero attached hydrogens (tertiary/aromatic N) is 1. The van der Waals surface area contributed by atoms with Crippen LogP contribution >= 0.6 is 0 Å². The average Bonchev–Trinajstić information content (AvgIpc) is 2.90. The summed E-state index contributed by atoms with van der Waals surface area (Å²) in [5.74, 6) is 2.51. The van der Waals surface area contributed by atoms with E-state index in [2.05, 4.69) is 27.1 Å². The molecule has 11 nitrogen and oxygen atoms in total. The number of ether oxygens (including phenoxy) is 4. The molecule has 0 fully saturated rings. The number of methoxy groups -OCH3 is 1. The van der Waals surface area contributed by atoms with Crippen molar-refractivity contribution in [3.05, 3.63) is 64.9 Å². The summed E-state index contributed by atoms with van der Waals surface area (Å²) in [5, 5.41) is 9.23. The van der Waals surface area contributed by atoms with Gasteiger partial charge in [-0.1, -0.05) is 24.1 Å². The van der Waals surface area contributed by atoms with Crippen LogP contribution in [0.2, 0.25) is 0 Å². The SMILES string of the molecule is C#CCOc1cccc(/C=N/NC(=O)COc2ccc([C@@H]3NC(=O)NC(C)=C3C(=O)OCC)cc2OC)c1. The second-order valence-electron chi connectivity index (χ2n) is 7.85. The van der Waals surface area contributed by atoms with Gasteiger partial charge in [0, 0.05) is 5.70 Å². The van der Waals surface area contributed by atoms with Gasteiger partial charge in [-0.15, -0.1) is 6.42 Å². The standard InChI is InChI=1S/C27H28N4O7/c1-5-12-37-20-9-7-8-18(13-20)15-28-31-23(32)16-38-21-11-10-19(14-22(21)35-4)25-24(26(33)36-6-2)17(3)29-27(34)30-25/h1,7-11,13-15,25H,6,12,16H2,2-4H3,(H,31,32)(H2,29,30,34)/b28-15+/t25-/m0/s1. The number of rotatable bonds is 11. The molecule has 1 aliphatic heterocycles. The highest BCUT2D eigenvalue weighted by Crippen LogP contribution is 2.34. The van der Waals surface area contributed by atoms with Crippen molar-refractivity contribution in [1.82, 2.24) is 16.1 Å². The summed E-state index contributed by atoms with van der Waals surface area (Å²) in [5.41, 5.74) is 4.31. The van der Waals surface area contributed by atoms with Gasteiger partial charge < -0.3 is 29.6 Å². The van der Waals surface area contributed by atoms with E-state index >= 15 is 0 Å². The third kappa shape index (κ3) is 7.27. The maximum Gasteiger partial charge on any atom is 0.338 e. The van der Waals surface area contributed by atoms with Crippen LogP contribution in [0.3, 0.4) is 0 Å². The summed E-state index contributed by atoms with van der Waals surface area (Å²) >= 11 is 0. The van der Waals surface area contributed by atoms with Gasteiger partial charge in [0.1, 0.15) is 12.4 Å². The lowest BCUT2D eigenvalue weighted by Gasteiger charge is -2.28. The van der Waals surface area contributed by atoms with Crippen LogP contribution in [0.1, 0.15) is 31.0 Å². The fraction of sp³-hybridized carbons (Fsp3) is 0.259. The Kier molecular flexibility index (Phi) is 9.71. The molecule has 1 aliphatic rings. The van der Waals surface area contributed by atoms with E-state index in [-0.39, 0.29) is 31.1 Å². The predicted molar refractivity (Wildman–Crippen MR) is 139 cm³/mol. The molecule has 3 rings (SSSR count). The van der Waals surface area contributed by atoms with Gasteiger partial charge in [-0.2, -0.15) is 5.10 Å². The summed E-state index contributed by atoms with van der Waals surface area (Å²) in [6.45, 7) is 3.32. The average molecular weight is 521 g/mol. The molecule has 0 radical (unpaired) electrons. The Morgan fingerprint density at radius 2 is 2.00 bits per heavy atom. The van der Waals surface area contributed by atoms with Crippen LogP contribution in [0.25, 0.3) is 0 Å². The maximum absolute atomic E-state index is 12.5. The highest BCUT2D eigenvalue weighted by atomic mass is 16.5. The van der Waals surface area contributed by atoms with Crippen molar-refractivity contribution >= 4 is 24.1 Å². The Labute approximate surface area is 220 Å². The highest BCUT2D eigenvalue weighted by molar-refractivity contribution is 5.95. The first-order valence-electron chi connectivity index (χ1n) is 11.6. The van der Waals surface area contributed by atoms with Crippen LogP contribution in [0.5, 0.6) is 17.2 Å². The first-order chi connectivity index (χ1) is 18.4.